The van der Waals surface area contributed by atoms with Crippen molar-refractivity contribution in [2.24, 2.45) is 23.5 Å². The average molecular weight is 246 g/mol. The molecular weight excluding hydrogens is 224 g/mol. The van der Waals surface area contributed by atoms with Gasteiger partial charge < -0.3 is 10.2 Å². The van der Waals surface area contributed by atoms with Gasteiger partial charge in [-0.15, -0.1) is 0 Å². The van der Waals surface area contributed by atoms with E-state index in [2.05, 4.69) is 0 Å². The quantitative estimate of drug-likeness (QED) is 0.873. The molecule has 5 rings (SSSR count). The lowest BCUT2D eigenvalue weighted by Gasteiger charge is -2.55. The number of oxazole rings is 1. The summed E-state index contributed by atoms with van der Waals surface area (Å²) in [7, 11) is 0. The maximum atomic E-state index is 6.01. The first-order valence-electron chi connectivity index (χ1n) is 7.35. The van der Waals surface area contributed by atoms with E-state index < -0.39 is 0 Å². The van der Waals surface area contributed by atoms with Gasteiger partial charge in [-0.1, -0.05) is 0 Å². The predicted molar refractivity (Wildman–Crippen MR) is 69.0 cm³/mol. The van der Waals surface area contributed by atoms with E-state index in [0.717, 1.165) is 35.1 Å². The highest BCUT2D eigenvalue weighted by molar-refractivity contribution is 5.19. The van der Waals surface area contributed by atoms with E-state index in [4.69, 9.17) is 15.1 Å². The molecule has 4 saturated carbocycles. The van der Waals surface area contributed by atoms with Gasteiger partial charge in [0.25, 0.3) is 0 Å². The van der Waals surface area contributed by atoms with Crippen molar-refractivity contribution in [2.45, 2.75) is 57.4 Å². The Morgan fingerprint density at radius 3 is 2.17 bits per heavy atom. The van der Waals surface area contributed by atoms with E-state index in [-0.39, 0.29) is 5.41 Å². The van der Waals surface area contributed by atoms with Crippen LogP contribution in [0.25, 0.3) is 0 Å². The molecule has 0 radical (unpaired) electrons. The summed E-state index contributed by atoms with van der Waals surface area (Å²) in [6.45, 7) is 2.50. The standard InChI is InChI=1S/C15H22N2O/c1-9-13(8-16)18-14(17-9)15-5-10-2-11(6-15)4-12(3-10)7-15/h10-12H,2-8,16H2,1H3. The van der Waals surface area contributed by atoms with Gasteiger partial charge in [-0.2, -0.15) is 0 Å². The zero-order chi connectivity index (χ0) is 12.3. The molecule has 4 fully saturated rings. The minimum absolute atomic E-state index is 0.271. The predicted octanol–water partition coefficient (Wildman–Crippen LogP) is 2.91. The summed E-state index contributed by atoms with van der Waals surface area (Å²) in [6.07, 6.45) is 8.31. The summed E-state index contributed by atoms with van der Waals surface area (Å²) < 4.78 is 6.01. The fraction of sp³-hybridized carbons (Fsp3) is 0.800. The summed E-state index contributed by atoms with van der Waals surface area (Å²) in [6, 6.07) is 0. The van der Waals surface area contributed by atoms with Gasteiger partial charge in [0.1, 0.15) is 5.76 Å². The molecule has 0 aromatic carbocycles. The van der Waals surface area contributed by atoms with Crippen LogP contribution in [-0.2, 0) is 12.0 Å². The molecule has 0 aliphatic heterocycles. The normalized spacial score (nSPS) is 41.6. The van der Waals surface area contributed by atoms with Crippen molar-refractivity contribution in [1.29, 1.82) is 0 Å². The summed E-state index contributed by atoms with van der Waals surface area (Å²) in [5.41, 5.74) is 7.00. The smallest absolute Gasteiger partial charge is 0.200 e. The minimum atomic E-state index is 0.271. The van der Waals surface area contributed by atoms with Crippen molar-refractivity contribution in [1.82, 2.24) is 4.98 Å². The van der Waals surface area contributed by atoms with Crippen LogP contribution in [0.2, 0.25) is 0 Å². The molecule has 3 nitrogen and oxygen atoms in total. The number of nitrogens with zero attached hydrogens (tertiary/aromatic N) is 1. The number of aromatic nitrogens is 1. The van der Waals surface area contributed by atoms with Gasteiger partial charge in [0.15, 0.2) is 0 Å². The van der Waals surface area contributed by atoms with Gasteiger partial charge in [0.2, 0.25) is 5.89 Å². The molecule has 98 valence electrons. The molecule has 4 aliphatic carbocycles. The third-order valence-corrected chi connectivity index (χ3v) is 5.57. The zero-order valence-corrected chi connectivity index (χ0v) is 11.1. The Morgan fingerprint density at radius 2 is 1.72 bits per heavy atom. The molecular formula is C15H22N2O. The lowest BCUT2D eigenvalue weighted by atomic mass is 9.49. The third-order valence-electron chi connectivity index (χ3n) is 5.57. The van der Waals surface area contributed by atoms with Crippen LogP contribution in [0.4, 0.5) is 0 Å². The van der Waals surface area contributed by atoms with Crippen LogP contribution in [-0.4, -0.2) is 4.98 Å². The Balaban J connectivity index is 1.74. The van der Waals surface area contributed by atoms with E-state index in [0.29, 0.717) is 6.54 Å². The topological polar surface area (TPSA) is 52.0 Å². The van der Waals surface area contributed by atoms with Crippen LogP contribution in [0.15, 0.2) is 4.42 Å². The number of aryl methyl sites for hydroxylation is 1. The highest BCUT2D eigenvalue weighted by atomic mass is 16.4. The average Bonchev–Trinajstić information content (AvgIpc) is 2.69. The van der Waals surface area contributed by atoms with Gasteiger partial charge in [0, 0.05) is 5.41 Å². The van der Waals surface area contributed by atoms with Gasteiger partial charge in [-0.25, -0.2) is 4.98 Å². The number of nitrogens with two attached hydrogens (primary N) is 1. The largest absolute Gasteiger partial charge is 0.443 e. The number of hydrogen-bond acceptors (Lipinski definition) is 3. The van der Waals surface area contributed by atoms with Crippen LogP contribution < -0.4 is 5.73 Å². The molecule has 18 heavy (non-hydrogen) atoms. The summed E-state index contributed by atoms with van der Waals surface area (Å²) >= 11 is 0. The Kier molecular flexibility index (Phi) is 2.20. The highest BCUT2D eigenvalue weighted by Gasteiger charge is 2.54. The molecule has 1 aromatic heterocycles. The summed E-state index contributed by atoms with van der Waals surface area (Å²) in [5, 5.41) is 0. The van der Waals surface area contributed by atoms with E-state index in [1.165, 1.54) is 38.5 Å². The van der Waals surface area contributed by atoms with Gasteiger partial charge in [0.05, 0.1) is 12.2 Å². The van der Waals surface area contributed by atoms with Crippen LogP contribution >= 0.6 is 0 Å². The molecule has 3 heteroatoms. The van der Waals surface area contributed by atoms with E-state index >= 15 is 0 Å². The molecule has 2 N–H and O–H groups in total. The van der Waals surface area contributed by atoms with Gasteiger partial charge in [-0.3, -0.25) is 0 Å². The monoisotopic (exact) mass is 246 g/mol. The lowest BCUT2D eigenvalue weighted by Crippen LogP contribution is -2.48. The van der Waals surface area contributed by atoms with Crippen LogP contribution in [0.3, 0.4) is 0 Å². The van der Waals surface area contributed by atoms with E-state index in [1.807, 2.05) is 6.92 Å². The van der Waals surface area contributed by atoms with Crippen LogP contribution in [0.1, 0.15) is 55.9 Å². The van der Waals surface area contributed by atoms with Crippen LogP contribution in [0.5, 0.6) is 0 Å². The molecule has 0 atom stereocenters. The Bertz CT molecular complexity index is 442. The molecule has 1 aromatic rings. The summed E-state index contributed by atoms with van der Waals surface area (Å²) in [5.74, 6) is 4.71. The fourth-order valence-corrected chi connectivity index (χ4v) is 5.22. The van der Waals surface area contributed by atoms with Crippen molar-refractivity contribution >= 4 is 0 Å². The lowest BCUT2D eigenvalue weighted by molar-refractivity contribution is -0.0181. The molecule has 4 bridgehead atoms. The third kappa shape index (κ3) is 1.43. The van der Waals surface area contributed by atoms with Crippen molar-refractivity contribution < 1.29 is 4.42 Å². The second-order valence-corrected chi connectivity index (χ2v) is 6.93. The highest BCUT2D eigenvalue weighted by Crippen LogP contribution is 2.60. The number of hydrogen-bond donors (Lipinski definition) is 1. The van der Waals surface area contributed by atoms with Crippen LogP contribution in [0, 0.1) is 24.7 Å². The van der Waals surface area contributed by atoms with Crippen molar-refractivity contribution in [3.05, 3.63) is 17.3 Å². The molecule has 0 amide bonds. The first kappa shape index (κ1) is 11.0. The molecule has 0 unspecified atom stereocenters. The Hall–Kier alpha value is -0.830. The van der Waals surface area contributed by atoms with Gasteiger partial charge in [-0.05, 0) is 63.2 Å². The molecule has 0 spiro atoms. The molecule has 1 heterocycles. The zero-order valence-electron chi connectivity index (χ0n) is 11.1. The second-order valence-electron chi connectivity index (χ2n) is 6.93. The molecule has 4 aliphatic rings. The van der Waals surface area contributed by atoms with Gasteiger partial charge >= 0.3 is 0 Å². The maximum Gasteiger partial charge on any atom is 0.200 e. The fourth-order valence-electron chi connectivity index (χ4n) is 5.22. The maximum absolute atomic E-state index is 6.01. The minimum Gasteiger partial charge on any atom is -0.443 e. The first-order chi connectivity index (χ1) is 8.68. The Labute approximate surface area is 108 Å². The van der Waals surface area contributed by atoms with E-state index in [1.54, 1.807) is 0 Å². The summed E-state index contributed by atoms with van der Waals surface area (Å²) in [4.78, 5) is 4.72. The first-order valence-corrected chi connectivity index (χ1v) is 7.35. The number of rotatable bonds is 2. The SMILES string of the molecule is Cc1nc(C23CC4CC(CC(C4)C2)C3)oc1CN. The van der Waals surface area contributed by atoms with Crippen molar-refractivity contribution in [3.8, 4) is 0 Å². The molecule has 0 saturated heterocycles. The van der Waals surface area contributed by atoms with Crippen molar-refractivity contribution in [3.63, 3.8) is 0 Å². The van der Waals surface area contributed by atoms with Crippen molar-refractivity contribution in [2.75, 3.05) is 0 Å². The van der Waals surface area contributed by atoms with E-state index in [9.17, 15) is 0 Å². The Morgan fingerprint density at radius 1 is 1.17 bits per heavy atom. The second kappa shape index (κ2) is 3.60.